The molecule has 2 aromatic heterocycles. The van der Waals surface area contributed by atoms with Crippen LogP contribution in [0.15, 0.2) is 60.2 Å². The quantitative estimate of drug-likeness (QED) is 0.568. The molecule has 0 atom stereocenters. The van der Waals surface area contributed by atoms with E-state index in [4.69, 9.17) is 9.47 Å². The highest BCUT2D eigenvalue weighted by atomic mass is 32.1. The van der Waals surface area contributed by atoms with Gasteiger partial charge in [0, 0.05) is 38.6 Å². The molecule has 1 aliphatic rings. The van der Waals surface area contributed by atoms with E-state index in [2.05, 4.69) is 4.90 Å². The number of hydrogen-bond donors (Lipinski definition) is 0. The molecule has 8 heteroatoms. The molecule has 0 spiro atoms. The number of thiophene rings is 1. The molecule has 1 saturated heterocycles. The summed E-state index contributed by atoms with van der Waals surface area (Å²) in [5.74, 6) is 0.164. The van der Waals surface area contributed by atoms with Crippen LogP contribution in [0.5, 0.6) is 5.75 Å². The van der Waals surface area contributed by atoms with E-state index in [1.165, 1.54) is 11.3 Å². The van der Waals surface area contributed by atoms with Crippen LogP contribution in [0.2, 0.25) is 0 Å². The molecule has 30 heavy (non-hydrogen) atoms. The number of rotatable bonds is 6. The van der Waals surface area contributed by atoms with E-state index in [1.807, 2.05) is 64.8 Å². The van der Waals surface area contributed by atoms with Crippen LogP contribution in [0.3, 0.4) is 0 Å². The van der Waals surface area contributed by atoms with Gasteiger partial charge < -0.3 is 23.8 Å². The standard InChI is InChI=1S/C22H23N3O4S/c1-28-19-7-3-2-6-17(19)24-11-13-25(14-12-24)20(26)16-29-22(27)21-18(8-15-30-21)23-9-4-5-10-23/h2-10,15H,11-14,16H2,1H3. The van der Waals surface area contributed by atoms with Gasteiger partial charge in [0.25, 0.3) is 5.91 Å². The van der Waals surface area contributed by atoms with Gasteiger partial charge in [-0.05, 0) is 35.7 Å². The second-order valence-corrected chi connectivity index (χ2v) is 7.76. The molecule has 0 saturated carbocycles. The highest BCUT2D eigenvalue weighted by Crippen LogP contribution is 2.28. The average Bonchev–Trinajstić information content (AvgIpc) is 3.49. The first-order valence-electron chi connectivity index (χ1n) is 9.71. The lowest BCUT2D eigenvalue weighted by Crippen LogP contribution is -2.50. The van der Waals surface area contributed by atoms with Crippen LogP contribution >= 0.6 is 11.3 Å². The summed E-state index contributed by atoms with van der Waals surface area (Å²) in [7, 11) is 1.66. The minimum atomic E-state index is -0.477. The van der Waals surface area contributed by atoms with Crippen molar-refractivity contribution in [2.45, 2.75) is 0 Å². The largest absolute Gasteiger partial charge is 0.495 e. The molecular formula is C22H23N3O4S. The summed E-state index contributed by atoms with van der Waals surface area (Å²) in [6, 6.07) is 13.5. The lowest BCUT2D eigenvalue weighted by molar-refractivity contribution is -0.134. The predicted octanol–water partition coefficient (Wildman–Crippen LogP) is 3.05. The van der Waals surface area contributed by atoms with Gasteiger partial charge in [-0.1, -0.05) is 12.1 Å². The molecule has 3 heterocycles. The Balaban J connectivity index is 1.31. The molecule has 3 aromatic rings. The first-order chi connectivity index (χ1) is 14.7. The minimum absolute atomic E-state index is 0.179. The molecule has 7 nitrogen and oxygen atoms in total. The first-order valence-corrected chi connectivity index (χ1v) is 10.6. The molecule has 0 bridgehead atoms. The molecule has 0 N–H and O–H groups in total. The maximum absolute atomic E-state index is 12.6. The highest BCUT2D eigenvalue weighted by molar-refractivity contribution is 7.12. The number of piperazine rings is 1. The summed E-state index contributed by atoms with van der Waals surface area (Å²) in [5, 5.41) is 1.84. The Morgan fingerprint density at radius 2 is 1.70 bits per heavy atom. The molecular weight excluding hydrogens is 402 g/mol. The molecule has 0 unspecified atom stereocenters. The van der Waals surface area contributed by atoms with E-state index in [-0.39, 0.29) is 12.5 Å². The Bertz CT molecular complexity index is 1010. The average molecular weight is 426 g/mol. The van der Waals surface area contributed by atoms with E-state index in [0.29, 0.717) is 31.1 Å². The van der Waals surface area contributed by atoms with Crippen molar-refractivity contribution in [2.24, 2.45) is 0 Å². The third-order valence-electron chi connectivity index (χ3n) is 5.10. The van der Waals surface area contributed by atoms with Crippen LogP contribution in [0.25, 0.3) is 5.69 Å². The van der Waals surface area contributed by atoms with Crippen LogP contribution in [0.1, 0.15) is 9.67 Å². The van der Waals surface area contributed by atoms with E-state index in [9.17, 15) is 9.59 Å². The van der Waals surface area contributed by atoms with Gasteiger partial charge in [-0.2, -0.15) is 0 Å². The third kappa shape index (κ3) is 4.18. The fraction of sp³-hybridized carbons (Fsp3) is 0.273. The molecule has 0 aliphatic carbocycles. The highest BCUT2D eigenvalue weighted by Gasteiger charge is 2.24. The van der Waals surface area contributed by atoms with Crippen LogP contribution in [0, 0.1) is 0 Å². The van der Waals surface area contributed by atoms with Crippen molar-refractivity contribution in [3.05, 3.63) is 65.1 Å². The lowest BCUT2D eigenvalue weighted by Gasteiger charge is -2.36. The van der Waals surface area contributed by atoms with Gasteiger partial charge in [0.1, 0.15) is 10.6 Å². The summed E-state index contributed by atoms with van der Waals surface area (Å²) >= 11 is 1.31. The Hall–Kier alpha value is -3.26. The van der Waals surface area contributed by atoms with Crippen molar-refractivity contribution < 1.29 is 19.1 Å². The Morgan fingerprint density at radius 3 is 2.43 bits per heavy atom. The Kier molecular flexibility index (Phi) is 6.04. The normalized spacial score (nSPS) is 13.9. The van der Waals surface area contributed by atoms with Crippen LogP contribution in [-0.2, 0) is 9.53 Å². The minimum Gasteiger partial charge on any atom is -0.495 e. The van der Waals surface area contributed by atoms with Crippen LogP contribution in [0.4, 0.5) is 5.69 Å². The Labute approximate surface area is 179 Å². The zero-order valence-corrected chi connectivity index (χ0v) is 17.5. The van der Waals surface area contributed by atoms with Gasteiger partial charge in [-0.25, -0.2) is 4.79 Å². The fourth-order valence-electron chi connectivity index (χ4n) is 3.53. The summed E-state index contributed by atoms with van der Waals surface area (Å²) in [4.78, 5) is 29.5. The van der Waals surface area contributed by atoms with E-state index >= 15 is 0 Å². The van der Waals surface area contributed by atoms with Gasteiger partial charge in [0.15, 0.2) is 6.61 Å². The van der Waals surface area contributed by atoms with E-state index < -0.39 is 5.97 Å². The van der Waals surface area contributed by atoms with Crippen molar-refractivity contribution in [1.29, 1.82) is 0 Å². The molecule has 1 amide bonds. The number of hydrogen-bond acceptors (Lipinski definition) is 6. The summed E-state index contributed by atoms with van der Waals surface area (Å²) in [6.45, 7) is 2.28. The number of benzene rings is 1. The number of amides is 1. The predicted molar refractivity (Wildman–Crippen MR) is 116 cm³/mol. The number of para-hydroxylation sites is 2. The van der Waals surface area contributed by atoms with Crippen molar-refractivity contribution in [3.63, 3.8) is 0 Å². The van der Waals surface area contributed by atoms with Gasteiger partial charge in [-0.15, -0.1) is 11.3 Å². The van der Waals surface area contributed by atoms with Gasteiger partial charge in [0.05, 0.1) is 18.5 Å². The van der Waals surface area contributed by atoms with Crippen LogP contribution in [-0.4, -0.2) is 61.2 Å². The van der Waals surface area contributed by atoms with E-state index in [1.54, 1.807) is 12.0 Å². The maximum atomic E-state index is 12.6. The molecule has 0 radical (unpaired) electrons. The topological polar surface area (TPSA) is 64.0 Å². The lowest BCUT2D eigenvalue weighted by atomic mass is 10.2. The third-order valence-corrected chi connectivity index (χ3v) is 5.98. The van der Waals surface area contributed by atoms with Crippen molar-refractivity contribution >= 4 is 28.9 Å². The molecule has 1 aliphatic heterocycles. The number of aromatic nitrogens is 1. The molecule has 4 rings (SSSR count). The number of ether oxygens (including phenoxy) is 2. The van der Waals surface area contributed by atoms with Gasteiger partial charge >= 0.3 is 5.97 Å². The smallest absolute Gasteiger partial charge is 0.350 e. The van der Waals surface area contributed by atoms with Crippen molar-refractivity contribution in [1.82, 2.24) is 9.47 Å². The number of carbonyl (C=O) groups is 2. The molecule has 1 fully saturated rings. The number of nitrogens with zero attached hydrogens (tertiary/aromatic N) is 3. The van der Waals surface area contributed by atoms with Crippen molar-refractivity contribution in [3.8, 4) is 11.4 Å². The second kappa shape index (κ2) is 9.04. The zero-order chi connectivity index (χ0) is 20.9. The van der Waals surface area contributed by atoms with Gasteiger partial charge in [-0.3, -0.25) is 4.79 Å². The number of carbonyl (C=O) groups excluding carboxylic acids is 2. The number of esters is 1. The summed E-state index contributed by atoms with van der Waals surface area (Å²) in [5.41, 5.74) is 1.78. The monoisotopic (exact) mass is 425 g/mol. The first kappa shape index (κ1) is 20.0. The maximum Gasteiger partial charge on any atom is 0.350 e. The number of anilines is 1. The summed E-state index contributed by atoms with van der Waals surface area (Å²) < 4.78 is 12.6. The molecule has 156 valence electrons. The SMILES string of the molecule is COc1ccccc1N1CCN(C(=O)COC(=O)c2sccc2-n2cccc2)CC1. The molecule has 1 aromatic carbocycles. The summed E-state index contributed by atoms with van der Waals surface area (Å²) in [6.07, 6.45) is 3.73. The second-order valence-electron chi connectivity index (χ2n) is 6.84. The van der Waals surface area contributed by atoms with E-state index in [0.717, 1.165) is 17.1 Å². The zero-order valence-electron chi connectivity index (χ0n) is 16.7. The van der Waals surface area contributed by atoms with Gasteiger partial charge in [0.2, 0.25) is 0 Å². The van der Waals surface area contributed by atoms with Crippen molar-refractivity contribution in [2.75, 3.05) is 44.8 Å². The number of methoxy groups -OCH3 is 1. The fourth-order valence-corrected chi connectivity index (χ4v) is 4.31. The Morgan fingerprint density at radius 1 is 0.967 bits per heavy atom. The van der Waals surface area contributed by atoms with Crippen LogP contribution < -0.4 is 9.64 Å².